The molecule has 2 aromatic carbocycles. The van der Waals surface area contributed by atoms with Crippen molar-refractivity contribution in [2.75, 3.05) is 6.54 Å². The standard InChI is InChI=1S/C22H24ClN3O3/c1-15(12-13-16-8-4-3-5-9-16)24-19(27)14-26-20(28)22(2,25-21(26)29)17-10-6-7-11-18(17)23/h3-11,15H,12-14H2,1-2H3,(H,24,27)(H,25,29). The lowest BCUT2D eigenvalue weighted by Crippen LogP contribution is -2.45. The van der Waals surface area contributed by atoms with Crippen molar-refractivity contribution in [1.29, 1.82) is 0 Å². The number of rotatable bonds is 7. The van der Waals surface area contributed by atoms with Crippen LogP contribution in [0.1, 0.15) is 31.4 Å². The highest BCUT2D eigenvalue weighted by atomic mass is 35.5. The van der Waals surface area contributed by atoms with Crippen LogP contribution in [0.4, 0.5) is 4.79 Å². The van der Waals surface area contributed by atoms with E-state index in [1.54, 1.807) is 31.2 Å². The first kappa shape index (κ1) is 20.9. The molecule has 0 saturated carbocycles. The predicted octanol–water partition coefficient (Wildman–Crippen LogP) is 3.24. The number of carbonyl (C=O) groups excluding carboxylic acids is 3. The summed E-state index contributed by atoms with van der Waals surface area (Å²) >= 11 is 6.21. The predicted molar refractivity (Wildman–Crippen MR) is 111 cm³/mol. The molecule has 2 unspecified atom stereocenters. The summed E-state index contributed by atoms with van der Waals surface area (Å²) in [4.78, 5) is 38.7. The molecule has 3 rings (SSSR count). The van der Waals surface area contributed by atoms with E-state index in [0.29, 0.717) is 10.6 Å². The molecule has 2 aromatic rings. The Morgan fingerprint density at radius 1 is 1.14 bits per heavy atom. The molecule has 0 aromatic heterocycles. The van der Waals surface area contributed by atoms with E-state index in [9.17, 15) is 14.4 Å². The van der Waals surface area contributed by atoms with Crippen LogP contribution in [0.5, 0.6) is 0 Å². The van der Waals surface area contributed by atoms with Gasteiger partial charge < -0.3 is 10.6 Å². The van der Waals surface area contributed by atoms with Crippen molar-refractivity contribution in [3.8, 4) is 0 Å². The van der Waals surface area contributed by atoms with Crippen LogP contribution in [0.15, 0.2) is 54.6 Å². The van der Waals surface area contributed by atoms with Gasteiger partial charge in [0.15, 0.2) is 0 Å². The third kappa shape index (κ3) is 4.59. The van der Waals surface area contributed by atoms with E-state index >= 15 is 0 Å². The van der Waals surface area contributed by atoms with Gasteiger partial charge in [-0.15, -0.1) is 0 Å². The summed E-state index contributed by atoms with van der Waals surface area (Å²) in [5.74, 6) is -0.875. The van der Waals surface area contributed by atoms with Crippen LogP contribution in [-0.4, -0.2) is 35.3 Å². The Labute approximate surface area is 175 Å². The van der Waals surface area contributed by atoms with Gasteiger partial charge in [-0.3, -0.25) is 14.5 Å². The van der Waals surface area contributed by atoms with Crippen molar-refractivity contribution in [3.63, 3.8) is 0 Å². The van der Waals surface area contributed by atoms with E-state index in [1.807, 2.05) is 37.3 Å². The van der Waals surface area contributed by atoms with E-state index in [2.05, 4.69) is 10.6 Å². The van der Waals surface area contributed by atoms with Gasteiger partial charge in [0.2, 0.25) is 5.91 Å². The Morgan fingerprint density at radius 3 is 2.48 bits per heavy atom. The average Bonchev–Trinajstić information content (AvgIpc) is 2.91. The van der Waals surface area contributed by atoms with Crippen LogP contribution in [0.3, 0.4) is 0 Å². The quantitative estimate of drug-likeness (QED) is 0.684. The van der Waals surface area contributed by atoms with E-state index < -0.39 is 17.5 Å². The zero-order valence-electron chi connectivity index (χ0n) is 16.4. The van der Waals surface area contributed by atoms with Gasteiger partial charge in [-0.25, -0.2) is 4.79 Å². The third-order valence-corrected chi connectivity index (χ3v) is 5.44. The van der Waals surface area contributed by atoms with Gasteiger partial charge in [0, 0.05) is 16.6 Å². The second-order valence-corrected chi connectivity index (χ2v) is 7.83. The molecule has 0 bridgehead atoms. The highest BCUT2D eigenvalue weighted by Crippen LogP contribution is 2.33. The lowest BCUT2D eigenvalue weighted by Gasteiger charge is -2.23. The molecule has 1 fully saturated rings. The maximum Gasteiger partial charge on any atom is 0.325 e. The molecule has 1 aliphatic rings. The molecule has 1 aliphatic heterocycles. The molecule has 2 atom stereocenters. The maximum atomic E-state index is 12.9. The molecule has 1 heterocycles. The monoisotopic (exact) mass is 413 g/mol. The Balaban J connectivity index is 1.59. The Hall–Kier alpha value is -2.86. The lowest BCUT2D eigenvalue weighted by molar-refractivity contribution is -0.135. The number of hydrogen-bond donors (Lipinski definition) is 2. The van der Waals surface area contributed by atoms with Gasteiger partial charge in [0.25, 0.3) is 5.91 Å². The number of amides is 4. The smallest absolute Gasteiger partial charge is 0.325 e. The minimum absolute atomic E-state index is 0.0848. The number of benzene rings is 2. The molecule has 0 radical (unpaired) electrons. The fourth-order valence-electron chi connectivity index (χ4n) is 3.45. The van der Waals surface area contributed by atoms with Crippen molar-refractivity contribution in [3.05, 3.63) is 70.7 Å². The van der Waals surface area contributed by atoms with Crippen molar-refractivity contribution < 1.29 is 14.4 Å². The first-order chi connectivity index (χ1) is 13.8. The largest absolute Gasteiger partial charge is 0.352 e. The van der Waals surface area contributed by atoms with Gasteiger partial charge in [0.05, 0.1) is 0 Å². The molecule has 2 N–H and O–H groups in total. The summed E-state index contributed by atoms with van der Waals surface area (Å²) < 4.78 is 0. The van der Waals surface area contributed by atoms with Crippen LogP contribution >= 0.6 is 11.6 Å². The second-order valence-electron chi connectivity index (χ2n) is 7.42. The number of halogens is 1. The number of carbonyl (C=O) groups is 3. The van der Waals surface area contributed by atoms with Crippen molar-refractivity contribution in [1.82, 2.24) is 15.5 Å². The van der Waals surface area contributed by atoms with Gasteiger partial charge in [-0.2, -0.15) is 0 Å². The zero-order valence-corrected chi connectivity index (χ0v) is 17.2. The summed E-state index contributed by atoms with van der Waals surface area (Å²) in [6, 6.07) is 16.1. The first-order valence-corrected chi connectivity index (χ1v) is 9.91. The Bertz CT molecular complexity index is 919. The number of hydrogen-bond acceptors (Lipinski definition) is 3. The molecule has 4 amide bonds. The molecule has 29 heavy (non-hydrogen) atoms. The highest BCUT2D eigenvalue weighted by molar-refractivity contribution is 6.32. The summed E-state index contributed by atoms with van der Waals surface area (Å²) in [5.41, 5.74) is 0.395. The Morgan fingerprint density at radius 2 is 1.79 bits per heavy atom. The summed E-state index contributed by atoms with van der Waals surface area (Å²) in [6.07, 6.45) is 1.59. The molecule has 6 nitrogen and oxygen atoms in total. The number of nitrogens with zero attached hydrogens (tertiary/aromatic N) is 1. The minimum atomic E-state index is -1.30. The normalized spacial score (nSPS) is 19.8. The zero-order chi connectivity index (χ0) is 21.0. The molecule has 0 spiro atoms. The van der Waals surface area contributed by atoms with E-state index in [4.69, 9.17) is 11.6 Å². The fourth-order valence-corrected chi connectivity index (χ4v) is 3.78. The van der Waals surface area contributed by atoms with Gasteiger partial charge in [-0.05, 0) is 38.3 Å². The molecular weight excluding hydrogens is 390 g/mol. The van der Waals surface area contributed by atoms with Crippen LogP contribution in [0.2, 0.25) is 5.02 Å². The van der Waals surface area contributed by atoms with E-state index in [1.165, 1.54) is 5.56 Å². The van der Waals surface area contributed by atoms with Crippen LogP contribution in [-0.2, 0) is 21.5 Å². The molecular formula is C22H24ClN3O3. The van der Waals surface area contributed by atoms with Crippen molar-refractivity contribution >= 4 is 29.4 Å². The molecule has 7 heteroatoms. The molecule has 152 valence electrons. The lowest BCUT2D eigenvalue weighted by atomic mass is 9.92. The van der Waals surface area contributed by atoms with Crippen LogP contribution in [0, 0.1) is 0 Å². The second kappa shape index (κ2) is 8.66. The highest BCUT2D eigenvalue weighted by Gasteiger charge is 2.50. The van der Waals surface area contributed by atoms with E-state index in [0.717, 1.165) is 17.7 Å². The average molecular weight is 414 g/mol. The first-order valence-electron chi connectivity index (χ1n) is 9.53. The third-order valence-electron chi connectivity index (χ3n) is 5.11. The van der Waals surface area contributed by atoms with Crippen LogP contribution < -0.4 is 10.6 Å². The number of imide groups is 1. The van der Waals surface area contributed by atoms with Gasteiger partial charge in [0.1, 0.15) is 12.1 Å². The number of aryl methyl sites for hydroxylation is 1. The van der Waals surface area contributed by atoms with Crippen molar-refractivity contribution in [2.24, 2.45) is 0 Å². The summed E-state index contributed by atoms with van der Waals surface area (Å²) in [5, 5.41) is 5.90. The molecule has 0 aliphatic carbocycles. The van der Waals surface area contributed by atoms with E-state index in [-0.39, 0.29) is 18.5 Å². The Kier molecular flexibility index (Phi) is 6.23. The number of nitrogens with one attached hydrogen (secondary N) is 2. The molecule has 1 saturated heterocycles. The topological polar surface area (TPSA) is 78.5 Å². The SMILES string of the molecule is CC(CCc1ccccc1)NC(=O)CN1C(=O)NC(C)(c2ccccc2Cl)C1=O. The van der Waals surface area contributed by atoms with Gasteiger partial charge in [-0.1, -0.05) is 60.1 Å². The fraction of sp³-hybridized carbons (Fsp3) is 0.318. The van der Waals surface area contributed by atoms with Gasteiger partial charge >= 0.3 is 6.03 Å². The summed E-state index contributed by atoms with van der Waals surface area (Å²) in [6.45, 7) is 3.16. The van der Waals surface area contributed by atoms with Crippen LogP contribution in [0.25, 0.3) is 0 Å². The number of urea groups is 1. The van der Waals surface area contributed by atoms with Crippen molar-refractivity contribution in [2.45, 2.75) is 38.3 Å². The minimum Gasteiger partial charge on any atom is -0.352 e. The summed E-state index contributed by atoms with van der Waals surface area (Å²) in [7, 11) is 0. The maximum absolute atomic E-state index is 12.9.